The van der Waals surface area contributed by atoms with Gasteiger partial charge in [0.2, 0.25) is 0 Å². The minimum absolute atomic E-state index is 0.328. The Balaban J connectivity index is 0.000000376. The van der Waals surface area contributed by atoms with Gasteiger partial charge >= 0.3 is 7.12 Å². The average Bonchev–Trinajstić information content (AvgIpc) is 1.27. The summed E-state index contributed by atoms with van der Waals surface area (Å²) in [7, 11) is 190. The fraction of sp³-hybridized carbons (Fsp3) is 0.577. The molecule has 1 aromatic heterocycles. The fourth-order valence-electron chi connectivity index (χ4n) is 16.3. The number of hydrogen-bond donors (Lipinski definition) is 0. The lowest BCUT2D eigenvalue weighted by molar-refractivity contribution is 0.00578. The van der Waals surface area contributed by atoms with Gasteiger partial charge in [-0.1, -0.05) is 18.2 Å². The van der Waals surface area contributed by atoms with Gasteiger partial charge in [0, 0.05) is 421 Å². The molecule has 5 aliphatic rings. The van der Waals surface area contributed by atoms with Crippen molar-refractivity contribution in [2.24, 2.45) is 11.8 Å². The van der Waals surface area contributed by atoms with Crippen molar-refractivity contribution in [3.05, 3.63) is 47.7 Å². The highest BCUT2D eigenvalue weighted by atomic mass is 16.7. The van der Waals surface area contributed by atoms with Gasteiger partial charge in [0.25, 0.3) is 0 Å². The van der Waals surface area contributed by atoms with E-state index < -0.39 is 172 Å². The molecule has 1 saturated heterocycles. The van der Waals surface area contributed by atoms with Gasteiger partial charge in [0.1, 0.15) is 0 Å². The lowest BCUT2D eigenvalue weighted by Crippen LogP contribution is -2.96. The van der Waals surface area contributed by atoms with Crippen LogP contribution < -0.4 is 5.46 Å². The van der Waals surface area contributed by atoms with Gasteiger partial charge < -0.3 is 9.31 Å². The van der Waals surface area contributed by atoms with Crippen molar-refractivity contribution < 1.29 is 9.31 Å². The van der Waals surface area contributed by atoms with Crippen LogP contribution >= 0.6 is 0 Å². The maximum absolute atomic E-state index is 6.76. The van der Waals surface area contributed by atoms with Crippen molar-refractivity contribution in [1.29, 1.82) is 0 Å². The van der Waals surface area contributed by atoms with Crippen molar-refractivity contribution in [3.8, 4) is 11.3 Å². The molecule has 2 aromatic rings. The van der Waals surface area contributed by atoms with Crippen LogP contribution in [-0.4, -0.2) is 427 Å². The van der Waals surface area contributed by atoms with Crippen LogP contribution in [0.2, 0.25) is 0 Å². The zero-order valence-electron chi connectivity index (χ0n) is 51.6. The van der Waals surface area contributed by atoms with E-state index in [4.69, 9.17) is 239 Å². The van der Waals surface area contributed by atoms with Crippen LogP contribution in [0.5, 0.6) is 0 Å². The number of aromatic nitrogens is 1. The summed E-state index contributed by atoms with van der Waals surface area (Å²) in [6.07, 6.45) is -27.8. The third-order valence-electron chi connectivity index (χ3n) is 20.5. The third-order valence-corrected chi connectivity index (χ3v) is 20.5. The van der Waals surface area contributed by atoms with E-state index in [1.54, 1.807) is 11.1 Å². The first-order chi connectivity index (χ1) is 40.2. The second kappa shape index (κ2) is 34.0. The Labute approximate surface area is 579 Å². The van der Waals surface area contributed by atoms with Crippen molar-refractivity contribution in [2.75, 3.05) is 0 Å². The Morgan fingerprint density at radius 1 is 0.379 bits per heavy atom. The van der Waals surface area contributed by atoms with Crippen molar-refractivity contribution in [1.82, 2.24) is 4.98 Å². The van der Waals surface area contributed by atoms with E-state index in [0.717, 1.165) is 41.9 Å². The standard InChI is InChI=1S/C26H32BNO2.B57/c1-25(2)26(3,4)30-27(29-25)21-6-8-24(28-15-21)18-5-7-22-19-10-16-9-17(11-19)13-20(12-16)23(22)14-18;1-30-45(31(2)3)52(44(28)29)56(53(46(32(4)5)33(6)7)47(34(8)9)35(10)11)57(54(48(36(12)13)37(14)15)49(38(16)17)39(18)19)55(50(40(20)21)41(22)23)51(42(24)25)43(26)27/h5-8,14-17,19-20H,9-13H2,1-4H3;. The van der Waals surface area contributed by atoms with Gasteiger partial charge in [0.15, 0.2) is 0 Å². The molecule has 2 atom stereocenters. The molecule has 59 radical (unpaired) electrons. The molecule has 87 heavy (non-hydrogen) atoms. The molecular formula is C26H32B58NO2. The molecule has 4 bridgehead atoms. The van der Waals surface area contributed by atoms with E-state index in [9.17, 15) is 0 Å². The Morgan fingerprint density at radius 2 is 0.678 bits per heavy atom. The van der Waals surface area contributed by atoms with E-state index >= 15 is 0 Å². The molecule has 2 heterocycles. The lowest BCUT2D eigenvalue weighted by atomic mass is 8.23. The predicted octanol–water partition coefficient (Wildman–Crippen LogP) is -16.3. The average molecular weight is 1020 g/mol. The maximum atomic E-state index is 6.76. The molecule has 0 spiro atoms. The molecule has 4 aliphatic carbocycles. The largest absolute Gasteiger partial charge is 0.496 e. The molecule has 2 saturated carbocycles. The Hall–Kier alpha value is 2.06. The van der Waals surface area contributed by atoms with Gasteiger partial charge in [-0.2, -0.15) is 0 Å². The summed E-state index contributed by atoms with van der Waals surface area (Å²) in [5.41, 5.74) is 5.89. The van der Waals surface area contributed by atoms with Gasteiger partial charge in [0.05, 0.1) is 16.9 Å². The van der Waals surface area contributed by atoms with E-state index in [1.165, 1.54) is 37.7 Å². The fourth-order valence-corrected chi connectivity index (χ4v) is 16.3. The van der Waals surface area contributed by atoms with E-state index in [2.05, 4.69) is 58.0 Å². The molecule has 0 N–H and O–H groups in total. The monoisotopic (exact) mass is 1030 g/mol. The number of nitrogens with zero attached hydrogens (tertiary/aromatic N) is 1. The topological polar surface area (TPSA) is 31.4 Å². The molecule has 61 heteroatoms. The zero-order valence-corrected chi connectivity index (χ0v) is 51.6. The first-order valence-electron chi connectivity index (χ1n) is 30.4. The number of rotatable bonds is 29. The van der Waals surface area contributed by atoms with Crippen LogP contribution in [0.3, 0.4) is 0 Å². The first kappa shape index (κ1) is 79.7. The molecule has 1 aromatic carbocycles. The summed E-state index contributed by atoms with van der Waals surface area (Å²) in [5, 5.41) is 0. The smallest absolute Gasteiger partial charge is 0.399 e. The molecule has 3 fully saturated rings. The van der Waals surface area contributed by atoms with Gasteiger partial charge in [-0.25, -0.2) is 0 Å². The minimum Gasteiger partial charge on any atom is -0.399 e. The van der Waals surface area contributed by atoms with Crippen LogP contribution in [0.4, 0.5) is 0 Å². The van der Waals surface area contributed by atoms with Crippen LogP contribution in [0.15, 0.2) is 36.5 Å². The molecule has 2 unspecified atom stereocenters. The summed E-state index contributed by atoms with van der Waals surface area (Å²) >= 11 is 0. The summed E-state index contributed by atoms with van der Waals surface area (Å²) in [5.74, 6) is 3.48. The highest BCUT2D eigenvalue weighted by Crippen LogP contribution is 2.56. The van der Waals surface area contributed by atoms with Crippen molar-refractivity contribution in [2.45, 2.75) is 82.8 Å². The Kier molecular flexibility index (Phi) is 31.2. The molecule has 1 aliphatic heterocycles. The minimum atomic E-state index is -1.46. The second-order valence-electron chi connectivity index (χ2n) is 27.0. The summed E-state index contributed by atoms with van der Waals surface area (Å²) in [6.45, 7) is 8.35. The van der Waals surface area contributed by atoms with Crippen LogP contribution in [-0.2, 0) is 9.31 Å². The van der Waals surface area contributed by atoms with Gasteiger partial charge in [-0.3, -0.25) is 4.98 Å². The normalized spacial score (nSPS) is 17.7. The molecule has 7 rings (SSSR count). The van der Waals surface area contributed by atoms with E-state index in [0.29, 0.717) is 0 Å². The first-order valence-corrected chi connectivity index (χ1v) is 30.4. The van der Waals surface area contributed by atoms with Crippen molar-refractivity contribution >= 4 is 416 Å². The van der Waals surface area contributed by atoms with E-state index in [-0.39, 0.29) is 18.3 Å². The molecule has 0 amide bonds. The molecule has 3 nitrogen and oxygen atoms in total. The Bertz CT molecular complexity index is 2210. The summed E-state index contributed by atoms with van der Waals surface area (Å²) < 4.78 is 12.4. The highest BCUT2D eigenvalue weighted by molar-refractivity contribution is 8.37. The summed E-state index contributed by atoms with van der Waals surface area (Å²) in [4.78, 5) is 4.81. The molecular weight excluding hydrogens is 985 g/mol. The lowest BCUT2D eigenvalue weighted by Gasteiger charge is -2.58. The predicted molar refractivity (Wildman–Crippen MR) is 449 cm³/mol. The Morgan fingerprint density at radius 3 is 0.954 bits per heavy atom. The maximum Gasteiger partial charge on any atom is 0.496 e. The van der Waals surface area contributed by atoms with Crippen LogP contribution in [0, 0.1) is 11.8 Å². The molecule has 327 valence electrons. The summed E-state index contributed by atoms with van der Waals surface area (Å²) in [6, 6.07) is 11.4. The van der Waals surface area contributed by atoms with Gasteiger partial charge in [-0.05, 0) is 107 Å². The highest BCUT2D eigenvalue weighted by Gasteiger charge is 2.62. The number of benzene rings is 1. The van der Waals surface area contributed by atoms with E-state index in [1.807, 2.05) is 6.20 Å². The SMILES string of the molecule is CC1(C)OB(c2ccc(-c3ccc4c(c3)C3CC5CC(CC4C5)C3)nc2)OC1(C)C.[B][B]B(B([B])[B])B(B([B])[B])B(B(B(B([B])[B])B([B])[B])B(B([B])[B])B([B])[B])B(B(B(B([B])[B])B([B])[B])B(B([B])[B])B([B])[B])B(B(B([B])[B])B([B])[B])B(B([B])[B])B([B])[B]. The quantitative estimate of drug-likeness (QED) is 0.0761. The second-order valence-corrected chi connectivity index (χ2v) is 27.0. The number of hydrogen-bond acceptors (Lipinski definition) is 3. The van der Waals surface area contributed by atoms with Crippen LogP contribution in [0.1, 0.15) is 82.8 Å². The third kappa shape index (κ3) is 18.8. The van der Waals surface area contributed by atoms with Gasteiger partial charge in [-0.15, -0.1) is 0 Å². The zero-order chi connectivity index (χ0) is 66.0. The van der Waals surface area contributed by atoms with Crippen molar-refractivity contribution in [3.63, 3.8) is 0 Å². The number of pyridine rings is 1. The van der Waals surface area contributed by atoms with Crippen LogP contribution in [0.25, 0.3) is 11.3 Å².